The molecule has 18 heavy (non-hydrogen) atoms. The third-order valence-electron chi connectivity index (χ3n) is 2.49. The summed E-state index contributed by atoms with van der Waals surface area (Å²) in [4.78, 5) is 17.1. The fourth-order valence-electron chi connectivity index (χ4n) is 1.59. The van der Waals surface area contributed by atoms with Crippen LogP contribution in [0.5, 0.6) is 5.75 Å². The predicted molar refractivity (Wildman–Crippen MR) is 71.1 cm³/mol. The molecule has 0 aliphatic rings. The van der Waals surface area contributed by atoms with Crippen molar-refractivity contribution in [1.29, 1.82) is 0 Å². The number of hydrogen-bond donors (Lipinski definition) is 1. The summed E-state index contributed by atoms with van der Waals surface area (Å²) in [5.41, 5.74) is 2.35. The number of nitrogens with one attached hydrogen (secondary N) is 1. The molecule has 0 saturated carbocycles. The molecule has 0 aliphatic carbocycles. The van der Waals surface area contributed by atoms with Crippen LogP contribution >= 0.6 is 11.3 Å². The van der Waals surface area contributed by atoms with Crippen LogP contribution in [-0.2, 0) is 6.42 Å². The molecule has 1 aromatic carbocycles. The summed E-state index contributed by atoms with van der Waals surface area (Å²) < 4.78 is 5.15. The van der Waals surface area contributed by atoms with Crippen molar-refractivity contribution in [3.8, 4) is 5.75 Å². The van der Waals surface area contributed by atoms with Gasteiger partial charge in [-0.15, -0.1) is 11.3 Å². The molecule has 2 rings (SSSR count). The van der Waals surface area contributed by atoms with Crippen molar-refractivity contribution in [3.63, 3.8) is 0 Å². The summed E-state index contributed by atoms with van der Waals surface area (Å²) in [5, 5.41) is 2.87. The Bertz CT molecular complexity index is 511. The van der Waals surface area contributed by atoms with Gasteiger partial charge in [0.1, 0.15) is 5.75 Å². The Morgan fingerprint density at radius 3 is 3.00 bits per heavy atom. The fourth-order valence-corrected chi connectivity index (χ4v) is 2.19. The third-order valence-corrected chi connectivity index (χ3v) is 3.33. The number of carbonyl (C=O) groups is 1. The molecule has 0 spiro atoms. The first-order valence-electron chi connectivity index (χ1n) is 5.60. The normalized spacial score (nSPS) is 10.1. The molecule has 94 valence electrons. The Labute approximate surface area is 110 Å². The number of hydrogen-bond acceptors (Lipinski definition) is 4. The summed E-state index contributed by atoms with van der Waals surface area (Å²) >= 11 is 1.59. The van der Waals surface area contributed by atoms with Gasteiger partial charge < -0.3 is 10.1 Å². The highest BCUT2D eigenvalue weighted by molar-refractivity contribution is 7.09. The quantitative estimate of drug-likeness (QED) is 0.898. The Balaban J connectivity index is 1.91. The van der Waals surface area contributed by atoms with Crippen LogP contribution in [0, 0.1) is 0 Å². The lowest BCUT2D eigenvalue weighted by atomic mass is 10.2. The number of benzene rings is 1. The van der Waals surface area contributed by atoms with Crippen molar-refractivity contribution in [2.24, 2.45) is 0 Å². The second kappa shape index (κ2) is 6.16. The number of thiazole rings is 1. The van der Waals surface area contributed by atoms with Gasteiger partial charge in [0.25, 0.3) is 5.91 Å². The predicted octanol–water partition coefficient (Wildman–Crippen LogP) is 2.12. The summed E-state index contributed by atoms with van der Waals surface area (Å²) in [6, 6.07) is 7.19. The van der Waals surface area contributed by atoms with E-state index in [2.05, 4.69) is 10.3 Å². The number of methoxy groups -OCH3 is 1. The first kappa shape index (κ1) is 12.6. The zero-order valence-corrected chi connectivity index (χ0v) is 10.9. The number of carbonyl (C=O) groups excluding carboxylic acids is 1. The van der Waals surface area contributed by atoms with Crippen LogP contribution in [-0.4, -0.2) is 24.5 Å². The molecule has 0 radical (unpaired) electrons. The summed E-state index contributed by atoms with van der Waals surface area (Å²) in [7, 11) is 1.56. The van der Waals surface area contributed by atoms with E-state index in [0.29, 0.717) is 17.9 Å². The van der Waals surface area contributed by atoms with Crippen molar-refractivity contribution in [2.45, 2.75) is 6.42 Å². The maximum absolute atomic E-state index is 11.9. The molecule has 0 fully saturated rings. The summed E-state index contributed by atoms with van der Waals surface area (Å²) in [5.74, 6) is 0.477. The highest BCUT2D eigenvalue weighted by Crippen LogP contribution is 2.16. The first-order chi connectivity index (χ1) is 8.81. The second-order valence-electron chi connectivity index (χ2n) is 3.67. The van der Waals surface area contributed by atoms with E-state index in [1.165, 1.54) is 0 Å². The molecule has 0 unspecified atom stereocenters. The van der Waals surface area contributed by atoms with Gasteiger partial charge in [-0.05, 0) is 12.1 Å². The molecule has 0 bridgehead atoms. The van der Waals surface area contributed by atoms with E-state index in [9.17, 15) is 4.79 Å². The standard InChI is InChI=1S/C13H14N2O2S/c1-17-12-5-3-2-4-11(12)13(16)15-7-6-10-8-14-9-18-10/h2-5,8-9H,6-7H2,1H3,(H,15,16). The van der Waals surface area contributed by atoms with Crippen LogP contribution in [0.4, 0.5) is 0 Å². The topological polar surface area (TPSA) is 51.2 Å². The number of rotatable bonds is 5. The first-order valence-corrected chi connectivity index (χ1v) is 6.48. The van der Waals surface area contributed by atoms with Gasteiger partial charge in [0.15, 0.2) is 0 Å². The molecule has 1 amide bonds. The molecule has 1 heterocycles. The van der Waals surface area contributed by atoms with Crippen molar-refractivity contribution >= 4 is 17.2 Å². The zero-order valence-electron chi connectivity index (χ0n) is 10.1. The van der Waals surface area contributed by atoms with Gasteiger partial charge in [0, 0.05) is 24.0 Å². The lowest BCUT2D eigenvalue weighted by Gasteiger charge is -2.08. The van der Waals surface area contributed by atoms with E-state index >= 15 is 0 Å². The van der Waals surface area contributed by atoms with Crippen molar-refractivity contribution in [3.05, 3.63) is 46.4 Å². The second-order valence-corrected chi connectivity index (χ2v) is 4.64. The van der Waals surface area contributed by atoms with E-state index in [1.54, 1.807) is 36.1 Å². The lowest BCUT2D eigenvalue weighted by Crippen LogP contribution is -2.25. The van der Waals surface area contributed by atoms with Crippen LogP contribution in [0.15, 0.2) is 36.0 Å². The number of nitrogens with zero attached hydrogens (tertiary/aromatic N) is 1. The fraction of sp³-hybridized carbons (Fsp3) is 0.231. The van der Waals surface area contributed by atoms with Gasteiger partial charge in [0.05, 0.1) is 18.2 Å². The van der Waals surface area contributed by atoms with Crippen LogP contribution in [0.25, 0.3) is 0 Å². The average molecular weight is 262 g/mol. The Kier molecular flexibility index (Phi) is 4.30. The SMILES string of the molecule is COc1ccccc1C(=O)NCCc1cncs1. The maximum Gasteiger partial charge on any atom is 0.255 e. The van der Waals surface area contributed by atoms with E-state index < -0.39 is 0 Å². The van der Waals surface area contributed by atoms with E-state index in [1.807, 2.05) is 18.3 Å². The monoisotopic (exact) mass is 262 g/mol. The van der Waals surface area contributed by atoms with Crippen LogP contribution < -0.4 is 10.1 Å². The average Bonchev–Trinajstić information content (AvgIpc) is 2.91. The van der Waals surface area contributed by atoms with E-state index in [4.69, 9.17) is 4.74 Å². The third kappa shape index (κ3) is 3.07. The number of aromatic nitrogens is 1. The molecule has 0 atom stereocenters. The number of amides is 1. The number of ether oxygens (including phenoxy) is 1. The molecular formula is C13H14N2O2S. The Morgan fingerprint density at radius 2 is 2.28 bits per heavy atom. The minimum absolute atomic E-state index is 0.114. The minimum atomic E-state index is -0.114. The van der Waals surface area contributed by atoms with Crippen molar-refractivity contribution < 1.29 is 9.53 Å². The zero-order chi connectivity index (χ0) is 12.8. The van der Waals surface area contributed by atoms with Crippen LogP contribution in [0.3, 0.4) is 0 Å². The van der Waals surface area contributed by atoms with Gasteiger partial charge in [0.2, 0.25) is 0 Å². The Morgan fingerprint density at radius 1 is 1.44 bits per heavy atom. The van der Waals surface area contributed by atoms with Gasteiger partial charge >= 0.3 is 0 Å². The van der Waals surface area contributed by atoms with E-state index in [0.717, 1.165) is 11.3 Å². The largest absolute Gasteiger partial charge is 0.496 e. The number of para-hydroxylation sites is 1. The molecule has 2 aromatic rings. The Hall–Kier alpha value is -1.88. The minimum Gasteiger partial charge on any atom is -0.496 e. The molecule has 0 aliphatic heterocycles. The van der Waals surface area contributed by atoms with Crippen LogP contribution in [0.1, 0.15) is 15.2 Å². The smallest absolute Gasteiger partial charge is 0.255 e. The van der Waals surface area contributed by atoms with Crippen molar-refractivity contribution in [2.75, 3.05) is 13.7 Å². The van der Waals surface area contributed by atoms with Gasteiger partial charge in [-0.25, -0.2) is 0 Å². The molecular weight excluding hydrogens is 248 g/mol. The highest BCUT2D eigenvalue weighted by atomic mass is 32.1. The van der Waals surface area contributed by atoms with Crippen LogP contribution in [0.2, 0.25) is 0 Å². The molecule has 0 saturated heterocycles. The lowest BCUT2D eigenvalue weighted by molar-refractivity contribution is 0.0951. The maximum atomic E-state index is 11.9. The van der Waals surface area contributed by atoms with Gasteiger partial charge in [-0.1, -0.05) is 12.1 Å². The van der Waals surface area contributed by atoms with Crippen molar-refractivity contribution in [1.82, 2.24) is 10.3 Å². The molecule has 1 N–H and O–H groups in total. The van der Waals surface area contributed by atoms with Gasteiger partial charge in [-0.3, -0.25) is 9.78 Å². The highest BCUT2D eigenvalue weighted by Gasteiger charge is 2.10. The molecule has 4 nitrogen and oxygen atoms in total. The molecule has 1 aromatic heterocycles. The molecule has 5 heteroatoms. The van der Waals surface area contributed by atoms with E-state index in [-0.39, 0.29) is 5.91 Å². The summed E-state index contributed by atoms with van der Waals surface area (Å²) in [6.45, 7) is 0.596. The summed E-state index contributed by atoms with van der Waals surface area (Å²) in [6.07, 6.45) is 2.62. The van der Waals surface area contributed by atoms with Gasteiger partial charge in [-0.2, -0.15) is 0 Å².